The molecule has 3 N–H and O–H groups in total. The minimum Gasteiger partial charge on any atom is -0.507 e. The molecule has 3 aromatic rings. The zero-order valence-electron chi connectivity index (χ0n) is 10.8. The number of H-pyrrole nitrogens is 1. The number of phenolic OH excluding ortho intramolecular Hbond substituents is 1. The standard InChI is InChI=1S/C16H11NO4/c18-13-6-2-5-11-14(13)12(8-17-15(11)19)9-3-1-4-10(7-9)16(20)21/h1-8,18H,(H,17,19)(H,20,21). The maximum absolute atomic E-state index is 11.8. The summed E-state index contributed by atoms with van der Waals surface area (Å²) in [6.07, 6.45) is 1.48. The van der Waals surface area contributed by atoms with Gasteiger partial charge in [-0.3, -0.25) is 4.79 Å². The minimum atomic E-state index is -1.03. The monoisotopic (exact) mass is 281 g/mol. The predicted octanol–water partition coefficient (Wildman–Crippen LogP) is 2.60. The van der Waals surface area contributed by atoms with Gasteiger partial charge in [0.25, 0.3) is 5.56 Å². The molecule has 0 radical (unpaired) electrons. The highest BCUT2D eigenvalue weighted by Crippen LogP contribution is 2.32. The summed E-state index contributed by atoms with van der Waals surface area (Å²) in [5.41, 5.74) is 1.02. The number of carboxylic acids is 1. The largest absolute Gasteiger partial charge is 0.507 e. The third kappa shape index (κ3) is 2.14. The lowest BCUT2D eigenvalue weighted by atomic mass is 9.98. The Morgan fingerprint density at radius 2 is 1.86 bits per heavy atom. The molecule has 5 nitrogen and oxygen atoms in total. The number of carboxylic acid groups (broad SMARTS) is 1. The van der Waals surface area contributed by atoms with Gasteiger partial charge in [0.05, 0.1) is 10.9 Å². The molecular weight excluding hydrogens is 270 g/mol. The van der Waals surface area contributed by atoms with Gasteiger partial charge in [0.1, 0.15) is 5.75 Å². The van der Waals surface area contributed by atoms with E-state index in [4.69, 9.17) is 5.11 Å². The molecule has 0 saturated heterocycles. The van der Waals surface area contributed by atoms with Crippen molar-refractivity contribution in [3.05, 3.63) is 64.6 Å². The van der Waals surface area contributed by atoms with E-state index in [1.807, 2.05) is 0 Å². The molecule has 2 aromatic carbocycles. The Kier molecular flexibility index (Phi) is 2.95. The Balaban J connectivity index is 2.36. The third-order valence-electron chi connectivity index (χ3n) is 3.32. The van der Waals surface area contributed by atoms with Gasteiger partial charge in [0.15, 0.2) is 0 Å². The fraction of sp³-hybridized carbons (Fsp3) is 0. The van der Waals surface area contributed by atoms with Crippen LogP contribution in [0.1, 0.15) is 10.4 Å². The van der Waals surface area contributed by atoms with Crippen molar-refractivity contribution in [2.75, 3.05) is 0 Å². The van der Waals surface area contributed by atoms with E-state index in [0.29, 0.717) is 21.9 Å². The van der Waals surface area contributed by atoms with Crippen LogP contribution in [0.5, 0.6) is 5.75 Å². The van der Waals surface area contributed by atoms with Gasteiger partial charge < -0.3 is 15.2 Å². The van der Waals surface area contributed by atoms with Crippen molar-refractivity contribution in [3.63, 3.8) is 0 Å². The molecule has 0 atom stereocenters. The van der Waals surface area contributed by atoms with E-state index in [9.17, 15) is 14.7 Å². The number of aromatic hydroxyl groups is 1. The smallest absolute Gasteiger partial charge is 0.335 e. The highest BCUT2D eigenvalue weighted by atomic mass is 16.4. The van der Waals surface area contributed by atoms with E-state index in [-0.39, 0.29) is 16.9 Å². The first kappa shape index (κ1) is 12.9. The van der Waals surface area contributed by atoms with E-state index in [0.717, 1.165) is 0 Å². The lowest BCUT2D eigenvalue weighted by Crippen LogP contribution is -2.06. The number of benzene rings is 2. The zero-order valence-corrected chi connectivity index (χ0v) is 10.8. The molecule has 104 valence electrons. The molecule has 1 heterocycles. The lowest BCUT2D eigenvalue weighted by molar-refractivity contribution is 0.0697. The molecule has 21 heavy (non-hydrogen) atoms. The highest BCUT2D eigenvalue weighted by Gasteiger charge is 2.12. The molecule has 0 bridgehead atoms. The molecule has 3 rings (SSSR count). The van der Waals surface area contributed by atoms with E-state index in [1.165, 1.54) is 24.4 Å². The Morgan fingerprint density at radius 1 is 1.10 bits per heavy atom. The molecule has 0 aliphatic heterocycles. The number of nitrogens with one attached hydrogen (secondary N) is 1. The second-order valence-electron chi connectivity index (χ2n) is 4.62. The second-order valence-corrected chi connectivity index (χ2v) is 4.62. The summed E-state index contributed by atoms with van der Waals surface area (Å²) in [6, 6.07) is 11.0. The predicted molar refractivity (Wildman–Crippen MR) is 78.6 cm³/mol. The Morgan fingerprint density at radius 3 is 2.62 bits per heavy atom. The van der Waals surface area contributed by atoms with Crippen molar-refractivity contribution in [1.29, 1.82) is 0 Å². The summed E-state index contributed by atoms with van der Waals surface area (Å²) in [5, 5.41) is 19.9. The topological polar surface area (TPSA) is 90.4 Å². The van der Waals surface area contributed by atoms with Crippen LogP contribution in [0.25, 0.3) is 21.9 Å². The second kappa shape index (κ2) is 4.79. The molecule has 1 aromatic heterocycles. The van der Waals surface area contributed by atoms with Crippen LogP contribution >= 0.6 is 0 Å². The molecule has 0 fully saturated rings. The first-order chi connectivity index (χ1) is 10.1. The van der Waals surface area contributed by atoms with Gasteiger partial charge in [-0.05, 0) is 29.8 Å². The number of rotatable bonds is 2. The van der Waals surface area contributed by atoms with Crippen LogP contribution < -0.4 is 5.56 Å². The number of carbonyl (C=O) groups is 1. The van der Waals surface area contributed by atoms with Gasteiger partial charge in [-0.15, -0.1) is 0 Å². The fourth-order valence-electron chi connectivity index (χ4n) is 2.35. The van der Waals surface area contributed by atoms with Crippen LogP contribution in [0.4, 0.5) is 0 Å². The number of hydrogen-bond donors (Lipinski definition) is 3. The number of aromatic nitrogens is 1. The van der Waals surface area contributed by atoms with Crippen molar-refractivity contribution in [2.45, 2.75) is 0 Å². The van der Waals surface area contributed by atoms with E-state index >= 15 is 0 Å². The van der Waals surface area contributed by atoms with Crippen molar-refractivity contribution in [2.24, 2.45) is 0 Å². The number of fused-ring (bicyclic) bond motifs is 1. The normalized spacial score (nSPS) is 10.7. The van der Waals surface area contributed by atoms with Gasteiger partial charge in [-0.25, -0.2) is 4.79 Å². The van der Waals surface area contributed by atoms with Gasteiger partial charge in [-0.2, -0.15) is 0 Å². The van der Waals surface area contributed by atoms with Gasteiger partial charge in [0, 0.05) is 17.1 Å². The van der Waals surface area contributed by atoms with Crippen LogP contribution in [0, 0.1) is 0 Å². The average molecular weight is 281 g/mol. The minimum absolute atomic E-state index is 0.0191. The first-order valence-corrected chi connectivity index (χ1v) is 6.25. The molecular formula is C16H11NO4. The van der Waals surface area contributed by atoms with Crippen LogP contribution in [0.2, 0.25) is 0 Å². The third-order valence-corrected chi connectivity index (χ3v) is 3.32. The van der Waals surface area contributed by atoms with Crippen LogP contribution in [0.3, 0.4) is 0 Å². The van der Waals surface area contributed by atoms with Crippen LogP contribution in [-0.4, -0.2) is 21.2 Å². The zero-order chi connectivity index (χ0) is 15.0. The number of phenols is 1. The van der Waals surface area contributed by atoms with Crippen molar-refractivity contribution < 1.29 is 15.0 Å². The van der Waals surface area contributed by atoms with E-state index in [2.05, 4.69) is 4.98 Å². The summed E-state index contributed by atoms with van der Waals surface area (Å²) in [5.74, 6) is -1.05. The summed E-state index contributed by atoms with van der Waals surface area (Å²) < 4.78 is 0. The number of pyridine rings is 1. The summed E-state index contributed by atoms with van der Waals surface area (Å²) in [7, 11) is 0. The number of aromatic amines is 1. The van der Waals surface area contributed by atoms with Crippen molar-refractivity contribution >= 4 is 16.7 Å². The van der Waals surface area contributed by atoms with Gasteiger partial charge in [0.2, 0.25) is 0 Å². The van der Waals surface area contributed by atoms with Gasteiger partial charge >= 0.3 is 5.97 Å². The molecule has 0 aliphatic carbocycles. The average Bonchev–Trinajstić information content (AvgIpc) is 2.48. The summed E-state index contributed by atoms with van der Waals surface area (Å²) >= 11 is 0. The van der Waals surface area contributed by atoms with Crippen molar-refractivity contribution in [1.82, 2.24) is 4.98 Å². The highest BCUT2D eigenvalue weighted by molar-refractivity contribution is 6.00. The summed E-state index contributed by atoms with van der Waals surface area (Å²) in [4.78, 5) is 25.5. The van der Waals surface area contributed by atoms with Gasteiger partial charge in [-0.1, -0.05) is 18.2 Å². The lowest BCUT2D eigenvalue weighted by Gasteiger charge is -2.08. The summed E-state index contributed by atoms with van der Waals surface area (Å²) in [6.45, 7) is 0. The fourth-order valence-corrected chi connectivity index (χ4v) is 2.35. The Bertz CT molecular complexity index is 912. The Hall–Kier alpha value is -3.08. The van der Waals surface area contributed by atoms with E-state index in [1.54, 1.807) is 24.3 Å². The van der Waals surface area contributed by atoms with Crippen LogP contribution in [0.15, 0.2) is 53.5 Å². The number of hydrogen-bond acceptors (Lipinski definition) is 3. The molecule has 5 heteroatoms. The number of aromatic carboxylic acids is 1. The van der Waals surface area contributed by atoms with Crippen molar-refractivity contribution in [3.8, 4) is 16.9 Å². The molecule has 0 aliphatic rings. The first-order valence-electron chi connectivity index (χ1n) is 6.25. The van der Waals surface area contributed by atoms with Crippen LogP contribution in [-0.2, 0) is 0 Å². The quantitative estimate of drug-likeness (QED) is 0.673. The molecule has 0 amide bonds. The molecule has 0 spiro atoms. The maximum atomic E-state index is 11.8. The molecule has 0 unspecified atom stereocenters. The maximum Gasteiger partial charge on any atom is 0.335 e. The molecule has 0 saturated carbocycles. The van der Waals surface area contributed by atoms with E-state index < -0.39 is 5.97 Å². The Labute approximate surface area is 119 Å². The SMILES string of the molecule is O=C(O)c1cccc(-c2c[nH]c(=O)c3cccc(O)c23)c1.